The van der Waals surface area contributed by atoms with Crippen molar-refractivity contribution in [3.8, 4) is 0 Å². The average molecular weight is 282 g/mol. The molecule has 1 fully saturated rings. The van der Waals surface area contributed by atoms with Gasteiger partial charge < -0.3 is 15.2 Å². The molecule has 1 aromatic heterocycles. The van der Waals surface area contributed by atoms with Crippen LogP contribution in [-0.4, -0.2) is 23.1 Å². The number of nitrogens with one attached hydrogen (secondary N) is 2. The van der Waals surface area contributed by atoms with Crippen LogP contribution in [0, 0.1) is 0 Å². The Bertz CT molecular complexity index is 720. The standard InChI is InChI=1S/C16H18N4O/c21-15-9-14(18-16(19-15)11-5-6-11)20-8-7-17-10-12-3-1-2-4-13(12)20/h1-4,9,11,17H,5-8,10H2,(H,18,19,21). The fourth-order valence-corrected chi connectivity index (χ4v) is 2.85. The van der Waals surface area contributed by atoms with Crippen molar-refractivity contribution in [2.75, 3.05) is 18.0 Å². The Labute approximate surface area is 123 Å². The van der Waals surface area contributed by atoms with E-state index >= 15 is 0 Å². The van der Waals surface area contributed by atoms with Crippen LogP contribution < -0.4 is 15.8 Å². The van der Waals surface area contributed by atoms with Crippen LogP contribution >= 0.6 is 0 Å². The van der Waals surface area contributed by atoms with E-state index in [2.05, 4.69) is 27.3 Å². The predicted octanol–water partition coefficient (Wildman–Crippen LogP) is 1.89. The maximum Gasteiger partial charge on any atom is 0.253 e. The second-order valence-corrected chi connectivity index (χ2v) is 5.72. The summed E-state index contributed by atoms with van der Waals surface area (Å²) in [4.78, 5) is 21.7. The Kier molecular flexibility index (Phi) is 3.00. The van der Waals surface area contributed by atoms with Gasteiger partial charge in [-0.2, -0.15) is 0 Å². The van der Waals surface area contributed by atoms with E-state index in [1.165, 1.54) is 5.56 Å². The SMILES string of the molecule is O=c1cc(N2CCNCc3ccccc32)nc(C2CC2)[nH]1. The number of hydrogen-bond donors (Lipinski definition) is 2. The molecule has 5 nitrogen and oxygen atoms in total. The number of aromatic nitrogens is 2. The average Bonchev–Trinajstić information content (AvgIpc) is 3.33. The molecule has 2 heterocycles. The summed E-state index contributed by atoms with van der Waals surface area (Å²) < 4.78 is 0. The molecule has 1 aliphatic heterocycles. The first-order valence-corrected chi connectivity index (χ1v) is 7.49. The zero-order chi connectivity index (χ0) is 14.2. The lowest BCUT2D eigenvalue weighted by atomic mass is 10.1. The predicted molar refractivity (Wildman–Crippen MR) is 82.0 cm³/mol. The van der Waals surface area contributed by atoms with Gasteiger partial charge in [-0.05, 0) is 24.5 Å². The van der Waals surface area contributed by atoms with Gasteiger partial charge in [-0.1, -0.05) is 18.2 Å². The van der Waals surface area contributed by atoms with Gasteiger partial charge in [0.15, 0.2) is 0 Å². The fraction of sp³-hybridized carbons (Fsp3) is 0.375. The molecule has 21 heavy (non-hydrogen) atoms. The Morgan fingerprint density at radius 1 is 1.24 bits per heavy atom. The molecule has 0 atom stereocenters. The van der Waals surface area contributed by atoms with E-state index in [4.69, 9.17) is 4.98 Å². The lowest BCUT2D eigenvalue weighted by molar-refractivity contribution is 0.709. The maximum atomic E-state index is 11.9. The molecule has 5 heteroatoms. The summed E-state index contributed by atoms with van der Waals surface area (Å²) >= 11 is 0. The van der Waals surface area contributed by atoms with Crippen molar-refractivity contribution in [3.63, 3.8) is 0 Å². The smallest absolute Gasteiger partial charge is 0.253 e. The van der Waals surface area contributed by atoms with E-state index in [1.54, 1.807) is 6.07 Å². The topological polar surface area (TPSA) is 61.0 Å². The first-order valence-electron chi connectivity index (χ1n) is 7.49. The first kappa shape index (κ1) is 12.6. The number of anilines is 2. The maximum absolute atomic E-state index is 11.9. The molecule has 2 aromatic rings. The summed E-state index contributed by atoms with van der Waals surface area (Å²) in [5.41, 5.74) is 2.32. The van der Waals surface area contributed by atoms with E-state index in [9.17, 15) is 4.79 Å². The molecule has 4 rings (SSSR count). The summed E-state index contributed by atoms with van der Waals surface area (Å²) in [7, 11) is 0. The molecule has 0 amide bonds. The second-order valence-electron chi connectivity index (χ2n) is 5.72. The molecule has 0 saturated heterocycles. The van der Waals surface area contributed by atoms with Crippen molar-refractivity contribution in [3.05, 3.63) is 52.1 Å². The summed E-state index contributed by atoms with van der Waals surface area (Å²) in [6, 6.07) is 9.91. The van der Waals surface area contributed by atoms with Crippen LogP contribution in [0.1, 0.15) is 30.1 Å². The van der Waals surface area contributed by atoms with Gasteiger partial charge in [0.2, 0.25) is 0 Å². The van der Waals surface area contributed by atoms with Crippen molar-refractivity contribution in [1.29, 1.82) is 0 Å². The van der Waals surface area contributed by atoms with Crippen molar-refractivity contribution < 1.29 is 0 Å². The zero-order valence-corrected chi connectivity index (χ0v) is 11.8. The van der Waals surface area contributed by atoms with Gasteiger partial charge in [0.25, 0.3) is 5.56 Å². The molecule has 1 aromatic carbocycles. The highest BCUT2D eigenvalue weighted by molar-refractivity contribution is 5.64. The van der Waals surface area contributed by atoms with Gasteiger partial charge >= 0.3 is 0 Å². The lowest BCUT2D eigenvalue weighted by Gasteiger charge is -2.23. The molecule has 108 valence electrons. The molecule has 1 saturated carbocycles. The highest BCUT2D eigenvalue weighted by Gasteiger charge is 2.27. The van der Waals surface area contributed by atoms with E-state index < -0.39 is 0 Å². The van der Waals surface area contributed by atoms with E-state index in [-0.39, 0.29) is 5.56 Å². The molecule has 0 bridgehead atoms. The first-order chi connectivity index (χ1) is 10.3. The van der Waals surface area contributed by atoms with Gasteiger partial charge in [0.1, 0.15) is 11.6 Å². The number of nitrogens with zero attached hydrogens (tertiary/aromatic N) is 2. The molecule has 1 aliphatic carbocycles. The normalized spacial score (nSPS) is 18.2. The fourth-order valence-electron chi connectivity index (χ4n) is 2.85. The number of para-hydroxylation sites is 1. The monoisotopic (exact) mass is 282 g/mol. The minimum absolute atomic E-state index is 0.0587. The van der Waals surface area contributed by atoms with E-state index in [0.29, 0.717) is 5.92 Å². The lowest BCUT2D eigenvalue weighted by Crippen LogP contribution is -2.27. The van der Waals surface area contributed by atoms with Crippen LogP contribution in [0.25, 0.3) is 0 Å². The largest absolute Gasteiger partial charge is 0.325 e. The van der Waals surface area contributed by atoms with Crippen LogP contribution in [0.2, 0.25) is 0 Å². The van der Waals surface area contributed by atoms with Gasteiger partial charge in [0, 0.05) is 37.3 Å². The molecular weight excluding hydrogens is 264 g/mol. The van der Waals surface area contributed by atoms with Crippen molar-refractivity contribution in [2.24, 2.45) is 0 Å². The van der Waals surface area contributed by atoms with E-state index in [0.717, 1.165) is 49.8 Å². The van der Waals surface area contributed by atoms with Crippen LogP contribution in [-0.2, 0) is 6.54 Å². The van der Waals surface area contributed by atoms with Crippen LogP contribution in [0.3, 0.4) is 0 Å². The van der Waals surface area contributed by atoms with Crippen molar-refractivity contribution in [1.82, 2.24) is 15.3 Å². The Balaban J connectivity index is 1.80. The van der Waals surface area contributed by atoms with Gasteiger partial charge in [-0.3, -0.25) is 4.79 Å². The number of benzene rings is 1. The number of hydrogen-bond acceptors (Lipinski definition) is 4. The minimum Gasteiger partial charge on any atom is -0.325 e. The molecule has 0 unspecified atom stereocenters. The van der Waals surface area contributed by atoms with Gasteiger partial charge in [-0.25, -0.2) is 4.98 Å². The summed E-state index contributed by atoms with van der Waals surface area (Å²) in [5.74, 6) is 2.04. The molecular formula is C16H18N4O. The van der Waals surface area contributed by atoms with Crippen molar-refractivity contribution in [2.45, 2.75) is 25.3 Å². The van der Waals surface area contributed by atoms with Gasteiger partial charge in [-0.15, -0.1) is 0 Å². The van der Waals surface area contributed by atoms with Crippen LogP contribution in [0.15, 0.2) is 35.1 Å². The summed E-state index contributed by atoms with van der Waals surface area (Å²) in [6.07, 6.45) is 2.26. The third kappa shape index (κ3) is 2.45. The molecule has 2 N–H and O–H groups in total. The highest BCUT2D eigenvalue weighted by atomic mass is 16.1. The zero-order valence-electron chi connectivity index (χ0n) is 11.8. The second kappa shape index (κ2) is 5.00. The third-order valence-corrected chi connectivity index (χ3v) is 4.10. The highest BCUT2D eigenvalue weighted by Crippen LogP contribution is 2.38. The Morgan fingerprint density at radius 3 is 2.95 bits per heavy atom. The van der Waals surface area contributed by atoms with Crippen LogP contribution in [0.5, 0.6) is 0 Å². The Hall–Kier alpha value is -2.14. The summed E-state index contributed by atoms with van der Waals surface area (Å²) in [6.45, 7) is 2.55. The number of rotatable bonds is 2. The molecule has 0 spiro atoms. The third-order valence-electron chi connectivity index (χ3n) is 4.10. The van der Waals surface area contributed by atoms with Crippen molar-refractivity contribution >= 4 is 11.5 Å². The minimum atomic E-state index is -0.0587. The molecule has 0 radical (unpaired) electrons. The number of aromatic amines is 1. The molecule has 2 aliphatic rings. The number of H-pyrrole nitrogens is 1. The Morgan fingerprint density at radius 2 is 2.10 bits per heavy atom. The quantitative estimate of drug-likeness (QED) is 0.883. The summed E-state index contributed by atoms with van der Waals surface area (Å²) in [5, 5.41) is 3.41. The number of fused-ring (bicyclic) bond motifs is 1. The van der Waals surface area contributed by atoms with E-state index in [1.807, 2.05) is 12.1 Å². The van der Waals surface area contributed by atoms with Crippen LogP contribution in [0.4, 0.5) is 11.5 Å². The van der Waals surface area contributed by atoms with Gasteiger partial charge in [0.05, 0.1) is 0 Å².